The van der Waals surface area contributed by atoms with E-state index in [-0.39, 0.29) is 18.5 Å². The van der Waals surface area contributed by atoms with Crippen molar-refractivity contribution in [1.29, 1.82) is 0 Å². The Morgan fingerprint density at radius 2 is 2.00 bits per heavy atom. The van der Waals surface area contributed by atoms with Gasteiger partial charge in [0.1, 0.15) is 0 Å². The van der Waals surface area contributed by atoms with Crippen molar-refractivity contribution >= 4 is 16.1 Å². The highest BCUT2D eigenvalue weighted by atomic mass is 32.2. The van der Waals surface area contributed by atoms with Gasteiger partial charge in [0.15, 0.2) is 0 Å². The minimum Gasteiger partial charge on any atom is -0.466 e. The highest BCUT2D eigenvalue weighted by molar-refractivity contribution is 7.85. The number of hydrogen-bond acceptors (Lipinski definition) is 5. The second-order valence-electron chi connectivity index (χ2n) is 4.99. The summed E-state index contributed by atoms with van der Waals surface area (Å²) in [5.41, 5.74) is 0. The van der Waals surface area contributed by atoms with E-state index in [0.717, 1.165) is 19.1 Å². The van der Waals surface area contributed by atoms with Crippen molar-refractivity contribution in [3.63, 3.8) is 0 Å². The Balaban J connectivity index is 2.37. The normalized spacial score (nSPS) is 28.3. The third kappa shape index (κ3) is 4.94. The van der Waals surface area contributed by atoms with Crippen molar-refractivity contribution in [2.45, 2.75) is 33.1 Å². The van der Waals surface area contributed by atoms with Gasteiger partial charge in [0.05, 0.1) is 25.4 Å². The van der Waals surface area contributed by atoms with E-state index in [0.29, 0.717) is 24.9 Å². The zero-order valence-electron chi connectivity index (χ0n) is 11.2. The summed E-state index contributed by atoms with van der Waals surface area (Å²) >= 11 is 0. The molecule has 1 aliphatic rings. The van der Waals surface area contributed by atoms with Crippen LogP contribution in [0.3, 0.4) is 0 Å². The van der Waals surface area contributed by atoms with Crippen molar-refractivity contribution in [3.05, 3.63) is 0 Å². The van der Waals surface area contributed by atoms with Gasteiger partial charge in [-0.05, 0) is 38.0 Å². The largest absolute Gasteiger partial charge is 0.466 e. The van der Waals surface area contributed by atoms with Gasteiger partial charge in [0.2, 0.25) is 0 Å². The summed E-state index contributed by atoms with van der Waals surface area (Å²) in [6.45, 7) is 4.45. The molecule has 0 N–H and O–H groups in total. The number of rotatable bonds is 6. The summed E-state index contributed by atoms with van der Waals surface area (Å²) in [5.74, 6) is 0.466. The van der Waals surface area contributed by atoms with Gasteiger partial charge in [-0.25, -0.2) is 0 Å². The smallest absolute Gasteiger partial charge is 0.309 e. The topological polar surface area (TPSA) is 69.7 Å². The van der Waals surface area contributed by atoms with Gasteiger partial charge >= 0.3 is 5.97 Å². The Bertz CT molecular complexity index is 376. The molecule has 0 radical (unpaired) electrons. The molecule has 1 aliphatic carbocycles. The zero-order chi connectivity index (χ0) is 13.8. The van der Waals surface area contributed by atoms with Crippen molar-refractivity contribution in [2.24, 2.45) is 17.8 Å². The highest BCUT2D eigenvalue weighted by Gasteiger charge is 2.36. The molecule has 1 fully saturated rings. The standard InChI is InChI=1S/C12H22O5S/c1-4-16-12(13)11-8-10(7-9(11)2)5-6-17-18(3,14)15/h9-11H,4-8H2,1-3H3. The van der Waals surface area contributed by atoms with Crippen LogP contribution in [-0.4, -0.2) is 33.9 Å². The second kappa shape index (κ2) is 6.52. The average molecular weight is 278 g/mol. The first-order valence-corrected chi connectivity index (χ1v) is 8.16. The van der Waals surface area contributed by atoms with E-state index < -0.39 is 10.1 Å². The Morgan fingerprint density at radius 1 is 1.33 bits per heavy atom. The SMILES string of the molecule is CCOC(=O)C1CC(CCOS(C)(=O)=O)CC1C. The molecule has 0 amide bonds. The van der Waals surface area contributed by atoms with E-state index in [9.17, 15) is 13.2 Å². The van der Waals surface area contributed by atoms with Crippen LogP contribution in [0.15, 0.2) is 0 Å². The average Bonchev–Trinajstić information content (AvgIpc) is 2.58. The first kappa shape index (κ1) is 15.4. The van der Waals surface area contributed by atoms with Crippen molar-refractivity contribution in [2.75, 3.05) is 19.5 Å². The molecular weight excluding hydrogens is 256 g/mol. The van der Waals surface area contributed by atoms with Gasteiger partial charge in [0.25, 0.3) is 10.1 Å². The quantitative estimate of drug-likeness (QED) is 0.545. The van der Waals surface area contributed by atoms with Crippen LogP contribution in [0.4, 0.5) is 0 Å². The fourth-order valence-electron chi connectivity index (χ4n) is 2.56. The number of esters is 1. The number of carbonyl (C=O) groups excluding carboxylic acids is 1. The van der Waals surface area contributed by atoms with Crippen molar-refractivity contribution in [3.8, 4) is 0 Å². The van der Waals surface area contributed by atoms with Crippen LogP contribution >= 0.6 is 0 Å². The van der Waals surface area contributed by atoms with Gasteiger partial charge in [-0.3, -0.25) is 8.98 Å². The van der Waals surface area contributed by atoms with Gasteiger partial charge in [-0.15, -0.1) is 0 Å². The summed E-state index contributed by atoms with van der Waals surface area (Å²) in [5, 5.41) is 0. The maximum Gasteiger partial charge on any atom is 0.309 e. The molecule has 0 aromatic rings. The Labute approximate surface area is 109 Å². The molecular formula is C12H22O5S. The van der Waals surface area contributed by atoms with Crippen LogP contribution in [0.1, 0.15) is 33.1 Å². The first-order chi connectivity index (χ1) is 8.33. The Kier molecular flexibility index (Phi) is 5.59. The summed E-state index contributed by atoms with van der Waals surface area (Å²) in [6.07, 6.45) is 3.42. The molecule has 0 heterocycles. The number of carbonyl (C=O) groups is 1. The summed E-state index contributed by atoms with van der Waals surface area (Å²) in [7, 11) is -3.36. The van der Waals surface area contributed by atoms with E-state index in [1.54, 1.807) is 6.92 Å². The fraction of sp³-hybridized carbons (Fsp3) is 0.917. The summed E-state index contributed by atoms with van der Waals surface area (Å²) in [6, 6.07) is 0. The molecule has 0 bridgehead atoms. The lowest BCUT2D eigenvalue weighted by molar-refractivity contribution is -0.149. The predicted octanol–water partition coefficient (Wildman–Crippen LogP) is 1.58. The minimum atomic E-state index is -3.36. The zero-order valence-corrected chi connectivity index (χ0v) is 12.0. The van der Waals surface area contributed by atoms with Gasteiger partial charge in [0, 0.05) is 0 Å². The van der Waals surface area contributed by atoms with Crippen LogP contribution in [0.25, 0.3) is 0 Å². The molecule has 18 heavy (non-hydrogen) atoms. The van der Waals surface area contributed by atoms with E-state index in [4.69, 9.17) is 8.92 Å². The minimum absolute atomic E-state index is 0.0480. The van der Waals surface area contributed by atoms with Gasteiger partial charge < -0.3 is 4.74 Å². The molecule has 3 unspecified atom stereocenters. The van der Waals surface area contributed by atoms with Crippen LogP contribution < -0.4 is 0 Å². The van der Waals surface area contributed by atoms with E-state index in [1.165, 1.54) is 0 Å². The summed E-state index contributed by atoms with van der Waals surface area (Å²) < 4.78 is 31.4. The molecule has 0 spiro atoms. The maximum absolute atomic E-state index is 11.7. The van der Waals surface area contributed by atoms with Gasteiger partial charge in [-0.2, -0.15) is 8.42 Å². The van der Waals surface area contributed by atoms with E-state index in [2.05, 4.69) is 0 Å². The second-order valence-corrected chi connectivity index (χ2v) is 6.63. The first-order valence-electron chi connectivity index (χ1n) is 6.34. The van der Waals surface area contributed by atoms with Crippen LogP contribution in [0.2, 0.25) is 0 Å². The van der Waals surface area contributed by atoms with Gasteiger partial charge in [-0.1, -0.05) is 6.92 Å². The fourth-order valence-corrected chi connectivity index (χ4v) is 2.96. The summed E-state index contributed by atoms with van der Waals surface area (Å²) in [4.78, 5) is 11.7. The molecule has 6 heteroatoms. The lowest BCUT2D eigenvalue weighted by atomic mass is 9.99. The number of ether oxygens (including phenoxy) is 1. The predicted molar refractivity (Wildman–Crippen MR) is 67.4 cm³/mol. The Hall–Kier alpha value is -0.620. The molecule has 0 aliphatic heterocycles. The molecule has 0 aromatic carbocycles. The van der Waals surface area contributed by atoms with E-state index in [1.807, 2.05) is 6.92 Å². The van der Waals surface area contributed by atoms with Crippen molar-refractivity contribution in [1.82, 2.24) is 0 Å². The molecule has 0 aromatic heterocycles. The third-order valence-electron chi connectivity index (χ3n) is 3.39. The third-order valence-corrected chi connectivity index (χ3v) is 3.99. The van der Waals surface area contributed by atoms with Crippen LogP contribution in [0, 0.1) is 17.8 Å². The monoisotopic (exact) mass is 278 g/mol. The molecule has 106 valence electrons. The molecule has 5 nitrogen and oxygen atoms in total. The van der Waals surface area contributed by atoms with Crippen molar-refractivity contribution < 1.29 is 22.1 Å². The molecule has 1 rings (SSSR count). The van der Waals surface area contributed by atoms with E-state index >= 15 is 0 Å². The maximum atomic E-state index is 11.7. The molecule has 1 saturated carbocycles. The lowest BCUT2D eigenvalue weighted by Crippen LogP contribution is -2.19. The molecule has 3 atom stereocenters. The van der Waals surface area contributed by atoms with Crippen LogP contribution in [-0.2, 0) is 23.8 Å². The lowest BCUT2D eigenvalue weighted by Gasteiger charge is -2.12. The van der Waals surface area contributed by atoms with Crippen LogP contribution in [0.5, 0.6) is 0 Å². The number of hydrogen-bond donors (Lipinski definition) is 0. The highest BCUT2D eigenvalue weighted by Crippen LogP contribution is 2.38. The Morgan fingerprint density at radius 3 is 2.56 bits per heavy atom. The molecule has 0 saturated heterocycles.